The van der Waals surface area contributed by atoms with Crippen molar-refractivity contribution in [3.8, 4) is 0 Å². The summed E-state index contributed by atoms with van der Waals surface area (Å²) in [4.78, 5) is 12.8. The van der Waals surface area contributed by atoms with Crippen LogP contribution in [0.1, 0.15) is 25.0 Å². The summed E-state index contributed by atoms with van der Waals surface area (Å²) in [6, 6.07) is 10.7. The maximum Gasteiger partial charge on any atom is 0.264 e. The fourth-order valence-corrected chi connectivity index (χ4v) is 3.69. The Bertz CT molecular complexity index is 882. The van der Waals surface area contributed by atoms with Crippen LogP contribution in [-0.2, 0) is 21.4 Å². The average Bonchev–Trinajstić information content (AvgIpc) is 2.55. The van der Waals surface area contributed by atoms with Gasteiger partial charge in [0.15, 0.2) is 0 Å². The van der Waals surface area contributed by atoms with E-state index in [1.807, 2.05) is 6.92 Å². The Morgan fingerprint density at radius 1 is 1.20 bits per heavy atom. The fraction of sp³-hybridized carbons (Fsp3) is 0.278. The summed E-state index contributed by atoms with van der Waals surface area (Å²) in [6.45, 7) is 5.76. The Hall–Kier alpha value is -2.41. The number of hydrogen-bond donors (Lipinski definition) is 1. The van der Waals surface area contributed by atoms with Gasteiger partial charge in [-0.3, -0.25) is 9.52 Å². The number of carbonyl (C=O) groups excluding carboxylic acids is 1. The highest BCUT2D eigenvalue weighted by molar-refractivity contribution is 7.92. The van der Waals surface area contributed by atoms with E-state index < -0.39 is 20.7 Å². The van der Waals surface area contributed by atoms with Crippen LogP contribution in [-0.4, -0.2) is 25.8 Å². The van der Waals surface area contributed by atoms with Crippen LogP contribution >= 0.6 is 0 Å². The average molecular weight is 364 g/mol. The summed E-state index contributed by atoms with van der Waals surface area (Å²) in [5, 5.41) is 0. The van der Waals surface area contributed by atoms with Gasteiger partial charge in [0.05, 0.1) is 5.69 Å². The van der Waals surface area contributed by atoms with Crippen molar-refractivity contribution < 1.29 is 17.6 Å². The van der Waals surface area contributed by atoms with Gasteiger partial charge in [0.25, 0.3) is 10.0 Å². The third kappa shape index (κ3) is 4.57. The zero-order chi connectivity index (χ0) is 18.6. The van der Waals surface area contributed by atoms with Crippen molar-refractivity contribution >= 4 is 21.6 Å². The number of anilines is 1. The molecule has 1 amide bonds. The molecule has 25 heavy (non-hydrogen) atoms. The van der Waals surface area contributed by atoms with E-state index in [0.29, 0.717) is 23.4 Å². The highest BCUT2D eigenvalue weighted by Crippen LogP contribution is 2.23. The standard InChI is InChI=1S/C18H21FN2O3S/c1-4-21(14(3)22)12-15-7-5-6-8-17(15)20-25(23,24)18-11-13(2)9-10-16(18)19/h5-11,20H,4,12H2,1-3H3. The Morgan fingerprint density at radius 2 is 1.88 bits per heavy atom. The van der Waals surface area contributed by atoms with Crippen LogP contribution < -0.4 is 4.72 Å². The van der Waals surface area contributed by atoms with Crippen molar-refractivity contribution in [1.82, 2.24) is 4.90 Å². The first-order chi connectivity index (χ1) is 11.7. The third-order valence-electron chi connectivity index (χ3n) is 3.83. The number of aryl methyl sites for hydroxylation is 1. The van der Waals surface area contributed by atoms with Gasteiger partial charge in [-0.2, -0.15) is 0 Å². The second kappa shape index (κ2) is 7.65. The van der Waals surface area contributed by atoms with Crippen LogP contribution in [0.15, 0.2) is 47.4 Å². The zero-order valence-electron chi connectivity index (χ0n) is 14.4. The molecule has 2 aromatic carbocycles. The summed E-state index contributed by atoms with van der Waals surface area (Å²) in [5.74, 6) is -0.917. The molecule has 7 heteroatoms. The predicted molar refractivity (Wildman–Crippen MR) is 95.2 cm³/mol. The largest absolute Gasteiger partial charge is 0.339 e. The molecule has 2 aromatic rings. The van der Waals surface area contributed by atoms with Crippen LogP contribution in [0.3, 0.4) is 0 Å². The molecule has 0 bridgehead atoms. The summed E-state index contributed by atoms with van der Waals surface area (Å²) in [7, 11) is -4.08. The second-order valence-electron chi connectivity index (χ2n) is 5.73. The third-order valence-corrected chi connectivity index (χ3v) is 5.21. The molecule has 0 saturated heterocycles. The molecule has 0 unspecified atom stereocenters. The molecule has 2 rings (SSSR count). The van der Waals surface area contributed by atoms with Crippen molar-refractivity contribution in [1.29, 1.82) is 0 Å². The van der Waals surface area contributed by atoms with Crippen LogP contribution in [0.4, 0.5) is 10.1 Å². The molecule has 0 aliphatic carbocycles. The Balaban J connectivity index is 2.37. The number of benzene rings is 2. The fourth-order valence-electron chi connectivity index (χ4n) is 2.43. The van der Waals surface area contributed by atoms with E-state index in [2.05, 4.69) is 4.72 Å². The van der Waals surface area contributed by atoms with E-state index in [4.69, 9.17) is 0 Å². The van der Waals surface area contributed by atoms with Gasteiger partial charge in [0.2, 0.25) is 5.91 Å². The van der Waals surface area contributed by atoms with Gasteiger partial charge in [0.1, 0.15) is 10.7 Å². The minimum absolute atomic E-state index is 0.107. The highest BCUT2D eigenvalue weighted by Gasteiger charge is 2.21. The topological polar surface area (TPSA) is 66.5 Å². The molecule has 0 atom stereocenters. The van der Waals surface area contributed by atoms with E-state index in [1.54, 1.807) is 36.1 Å². The first kappa shape index (κ1) is 18.9. The summed E-state index contributed by atoms with van der Waals surface area (Å²) in [6.07, 6.45) is 0. The maximum atomic E-state index is 14.0. The molecule has 0 saturated carbocycles. The van der Waals surface area contributed by atoms with Crippen molar-refractivity contribution in [2.24, 2.45) is 0 Å². The van der Waals surface area contributed by atoms with Crippen molar-refractivity contribution in [2.75, 3.05) is 11.3 Å². The summed E-state index contributed by atoms with van der Waals surface area (Å²) < 4.78 is 41.6. The van der Waals surface area contributed by atoms with Gasteiger partial charge in [-0.25, -0.2) is 12.8 Å². The van der Waals surface area contributed by atoms with Gasteiger partial charge >= 0.3 is 0 Å². The monoisotopic (exact) mass is 364 g/mol. The molecule has 1 N–H and O–H groups in total. The van der Waals surface area contributed by atoms with Crippen LogP contribution in [0, 0.1) is 12.7 Å². The number of sulfonamides is 1. The lowest BCUT2D eigenvalue weighted by Crippen LogP contribution is -2.28. The lowest BCUT2D eigenvalue weighted by Gasteiger charge is -2.21. The lowest BCUT2D eigenvalue weighted by molar-refractivity contribution is -0.129. The molecule has 0 aliphatic heterocycles. The molecule has 5 nitrogen and oxygen atoms in total. The SMILES string of the molecule is CCN(Cc1ccccc1NS(=O)(=O)c1cc(C)ccc1F)C(C)=O. The van der Waals surface area contributed by atoms with E-state index in [0.717, 1.165) is 6.07 Å². The number of amides is 1. The van der Waals surface area contributed by atoms with Gasteiger partial charge in [-0.15, -0.1) is 0 Å². The molecule has 134 valence electrons. The molecular weight excluding hydrogens is 343 g/mol. The van der Waals surface area contributed by atoms with Crippen LogP contribution in [0.2, 0.25) is 0 Å². The van der Waals surface area contributed by atoms with Crippen LogP contribution in [0.5, 0.6) is 0 Å². The number of rotatable bonds is 6. The number of carbonyl (C=O) groups is 1. The van der Waals surface area contributed by atoms with Gasteiger partial charge in [0, 0.05) is 20.0 Å². The molecule has 0 heterocycles. The molecule has 0 aliphatic rings. The van der Waals surface area contributed by atoms with E-state index >= 15 is 0 Å². The Kier molecular flexibility index (Phi) is 5.79. The first-order valence-corrected chi connectivity index (χ1v) is 9.35. The number of para-hydroxylation sites is 1. The number of hydrogen-bond acceptors (Lipinski definition) is 3. The number of nitrogens with one attached hydrogen (secondary N) is 1. The predicted octanol–water partition coefficient (Wildman–Crippen LogP) is 3.30. The molecule has 0 fully saturated rings. The molecule has 0 radical (unpaired) electrons. The normalized spacial score (nSPS) is 11.2. The summed E-state index contributed by atoms with van der Waals surface area (Å²) >= 11 is 0. The first-order valence-electron chi connectivity index (χ1n) is 7.87. The molecular formula is C18H21FN2O3S. The Morgan fingerprint density at radius 3 is 2.52 bits per heavy atom. The van der Waals surface area contributed by atoms with Crippen molar-refractivity contribution in [3.63, 3.8) is 0 Å². The smallest absolute Gasteiger partial charge is 0.264 e. The molecule has 0 aromatic heterocycles. The minimum Gasteiger partial charge on any atom is -0.339 e. The maximum absolute atomic E-state index is 14.0. The van der Waals surface area contributed by atoms with E-state index in [-0.39, 0.29) is 12.5 Å². The van der Waals surface area contributed by atoms with Gasteiger partial charge in [-0.1, -0.05) is 24.3 Å². The van der Waals surface area contributed by atoms with Crippen molar-refractivity contribution in [2.45, 2.75) is 32.2 Å². The quantitative estimate of drug-likeness (QED) is 0.855. The zero-order valence-corrected chi connectivity index (χ0v) is 15.2. The number of halogens is 1. The Labute approximate surface area is 147 Å². The number of nitrogens with zero attached hydrogens (tertiary/aromatic N) is 1. The van der Waals surface area contributed by atoms with Crippen molar-refractivity contribution in [3.05, 3.63) is 59.4 Å². The lowest BCUT2D eigenvalue weighted by atomic mass is 10.1. The van der Waals surface area contributed by atoms with Gasteiger partial charge in [-0.05, 0) is 43.2 Å². The second-order valence-corrected chi connectivity index (χ2v) is 7.38. The molecule has 0 spiro atoms. The van der Waals surface area contributed by atoms with E-state index in [1.165, 1.54) is 19.1 Å². The minimum atomic E-state index is -4.08. The van der Waals surface area contributed by atoms with Gasteiger partial charge < -0.3 is 4.90 Å². The highest BCUT2D eigenvalue weighted by atomic mass is 32.2. The summed E-state index contributed by atoms with van der Waals surface area (Å²) in [5.41, 5.74) is 1.60. The van der Waals surface area contributed by atoms with Crippen LogP contribution in [0.25, 0.3) is 0 Å². The van der Waals surface area contributed by atoms with E-state index in [9.17, 15) is 17.6 Å².